The van der Waals surface area contributed by atoms with Crippen LogP contribution >= 0.6 is 11.8 Å². The number of aromatic nitrogens is 1. The number of rotatable bonds is 1. The molecule has 2 aliphatic heterocycles. The van der Waals surface area contributed by atoms with Crippen molar-refractivity contribution in [1.29, 1.82) is 0 Å². The Morgan fingerprint density at radius 2 is 1.95 bits per heavy atom. The summed E-state index contributed by atoms with van der Waals surface area (Å²) in [6.45, 7) is 0. The number of hydrogen-bond acceptors (Lipinski definition) is 4. The average molecular weight is 298 g/mol. The summed E-state index contributed by atoms with van der Waals surface area (Å²) in [5.74, 6) is 1.67. The summed E-state index contributed by atoms with van der Waals surface area (Å²) in [5.41, 5.74) is 4.60. The Hall–Kier alpha value is -1.42. The molecule has 108 valence electrons. The summed E-state index contributed by atoms with van der Waals surface area (Å²) in [7, 11) is 0. The molecule has 0 amide bonds. The molecular formula is C17H18N2OS. The van der Waals surface area contributed by atoms with E-state index in [9.17, 15) is 4.79 Å². The van der Waals surface area contributed by atoms with E-state index in [1.54, 1.807) is 0 Å². The fraction of sp³-hybridized carbons (Fsp3) is 0.471. The lowest BCUT2D eigenvalue weighted by molar-refractivity contribution is -0.116. The maximum absolute atomic E-state index is 12.5. The molecule has 2 unspecified atom stereocenters. The van der Waals surface area contributed by atoms with Crippen LogP contribution < -0.4 is 0 Å². The second kappa shape index (κ2) is 5.41. The highest BCUT2D eigenvalue weighted by molar-refractivity contribution is 8.00. The molecule has 1 fully saturated rings. The first-order valence-corrected chi connectivity index (χ1v) is 8.74. The van der Waals surface area contributed by atoms with Crippen molar-refractivity contribution in [2.75, 3.05) is 5.75 Å². The van der Waals surface area contributed by atoms with Gasteiger partial charge in [0.25, 0.3) is 0 Å². The van der Waals surface area contributed by atoms with Crippen molar-refractivity contribution in [3.8, 4) is 0 Å². The van der Waals surface area contributed by atoms with Crippen LogP contribution in [0.3, 0.4) is 0 Å². The predicted octanol–water partition coefficient (Wildman–Crippen LogP) is 3.52. The van der Waals surface area contributed by atoms with Gasteiger partial charge in [-0.1, -0.05) is 0 Å². The Bertz CT molecular complexity index is 635. The minimum atomic E-state index is 0.189. The second-order valence-corrected chi connectivity index (χ2v) is 7.14. The van der Waals surface area contributed by atoms with Crippen molar-refractivity contribution in [2.24, 2.45) is 4.99 Å². The highest BCUT2D eigenvalue weighted by atomic mass is 32.2. The van der Waals surface area contributed by atoms with E-state index < -0.39 is 0 Å². The smallest absolute Gasteiger partial charge is 0.161 e. The van der Waals surface area contributed by atoms with E-state index in [1.807, 2.05) is 24.2 Å². The number of thioether (sulfide) groups is 1. The molecule has 0 saturated carbocycles. The van der Waals surface area contributed by atoms with Crippen molar-refractivity contribution < 1.29 is 4.79 Å². The number of carbonyl (C=O) groups is 1. The van der Waals surface area contributed by atoms with Crippen LogP contribution in [0.15, 0.2) is 40.8 Å². The van der Waals surface area contributed by atoms with Gasteiger partial charge < -0.3 is 0 Å². The average Bonchev–Trinajstić information content (AvgIpc) is 2.54. The minimum absolute atomic E-state index is 0.189. The van der Waals surface area contributed by atoms with Crippen LogP contribution in [0.4, 0.5) is 0 Å². The van der Waals surface area contributed by atoms with Crippen LogP contribution in [0, 0.1) is 0 Å². The zero-order chi connectivity index (χ0) is 14.2. The maximum Gasteiger partial charge on any atom is 0.161 e. The number of ketones is 1. The third kappa shape index (κ3) is 2.26. The lowest BCUT2D eigenvalue weighted by Gasteiger charge is -2.38. The van der Waals surface area contributed by atoms with Gasteiger partial charge in [-0.05, 0) is 49.1 Å². The van der Waals surface area contributed by atoms with Gasteiger partial charge in [-0.2, -0.15) is 11.8 Å². The van der Waals surface area contributed by atoms with Crippen LogP contribution in [-0.4, -0.2) is 27.5 Å². The molecule has 4 heteroatoms. The van der Waals surface area contributed by atoms with E-state index in [0.717, 1.165) is 30.5 Å². The number of allylic oxidation sites excluding steroid dienone is 2. The molecule has 3 aliphatic rings. The van der Waals surface area contributed by atoms with Gasteiger partial charge in [-0.3, -0.25) is 14.8 Å². The number of pyridine rings is 1. The highest BCUT2D eigenvalue weighted by Crippen LogP contribution is 2.46. The van der Waals surface area contributed by atoms with Gasteiger partial charge in [-0.15, -0.1) is 0 Å². The summed E-state index contributed by atoms with van der Waals surface area (Å²) in [4.78, 5) is 21.6. The zero-order valence-corrected chi connectivity index (χ0v) is 12.7. The number of aliphatic imine (C=N–C) groups is 1. The monoisotopic (exact) mass is 298 g/mol. The van der Waals surface area contributed by atoms with Gasteiger partial charge in [0, 0.05) is 41.7 Å². The Labute approximate surface area is 129 Å². The molecule has 0 bridgehead atoms. The third-order valence-corrected chi connectivity index (χ3v) is 6.02. The standard InChI is InChI=1S/C17H18N2OS/c20-14-5-1-3-12-16(14)15(11-6-8-18-9-7-11)17-13(19-12)4-2-10-21-17/h6-9,15,17H,1-5,10H2. The van der Waals surface area contributed by atoms with Crippen LogP contribution in [0.2, 0.25) is 0 Å². The van der Waals surface area contributed by atoms with E-state index in [1.165, 1.54) is 23.4 Å². The van der Waals surface area contributed by atoms with Gasteiger partial charge in [0.1, 0.15) is 0 Å². The van der Waals surface area contributed by atoms with Crippen molar-refractivity contribution in [3.05, 3.63) is 41.4 Å². The van der Waals surface area contributed by atoms with E-state index in [0.29, 0.717) is 17.5 Å². The molecule has 0 N–H and O–H groups in total. The molecule has 3 nitrogen and oxygen atoms in total. The zero-order valence-electron chi connectivity index (χ0n) is 11.9. The molecule has 4 rings (SSSR count). The summed E-state index contributed by atoms with van der Waals surface area (Å²) >= 11 is 1.97. The quantitative estimate of drug-likeness (QED) is 0.796. The molecule has 0 radical (unpaired) electrons. The Morgan fingerprint density at radius 1 is 1.10 bits per heavy atom. The molecule has 1 aromatic rings. The van der Waals surface area contributed by atoms with Crippen molar-refractivity contribution in [2.45, 2.75) is 43.3 Å². The van der Waals surface area contributed by atoms with E-state index in [4.69, 9.17) is 4.99 Å². The van der Waals surface area contributed by atoms with Crippen molar-refractivity contribution in [3.63, 3.8) is 0 Å². The molecule has 1 aromatic heterocycles. The fourth-order valence-corrected chi connectivity index (χ4v) is 5.08. The molecule has 2 atom stereocenters. The van der Waals surface area contributed by atoms with Gasteiger partial charge >= 0.3 is 0 Å². The van der Waals surface area contributed by atoms with Crippen LogP contribution in [0.5, 0.6) is 0 Å². The first-order valence-electron chi connectivity index (χ1n) is 7.70. The van der Waals surface area contributed by atoms with Crippen LogP contribution in [-0.2, 0) is 4.79 Å². The summed E-state index contributed by atoms with van der Waals surface area (Å²) in [6, 6.07) is 4.13. The first-order chi connectivity index (χ1) is 10.3. The normalized spacial score (nSPS) is 28.8. The van der Waals surface area contributed by atoms with Crippen LogP contribution in [0.1, 0.15) is 43.6 Å². The second-order valence-electron chi connectivity index (χ2n) is 5.89. The molecule has 1 aliphatic carbocycles. The van der Waals surface area contributed by atoms with E-state index in [2.05, 4.69) is 17.1 Å². The van der Waals surface area contributed by atoms with Crippen molar-refractivity contribution >= 4 is 23.3 Å². The van der Waals surface area contributed by atoms with Gasteiger partial charge in [-0.25, -0.2) is 0 Å². The predicted molar refractivity (Wildman–Crippen MR) is 85.8 cm³/mol. The topological polar surface area (TPSA) is 42.3 Å². The molecular weight excluding hydrogens is 280 g/mol. The fourth-order valence-electron chi connectivity index (χ4n) is 3.66. The first kappa shape index (κ1) is 13.3. The minimum Gasteiger partial charge on any atom is -0.294 e. The number of Topliss-reactive ketones (excluding diaryl/α,β-unsaturated/α-hetero) is 1. The Morgan fingerprint density at radius 3 is 2.81 bits per heavy atom. The van der Waals surface area contributed by atoms with Crippen LogP contribution in [0.25, 0.3) is 0 Å². The third-order valence-electron chi connectivity index (χ3n) is 4.59. The summed E-state index contributed by atoms with van der Waals surface area (Å²) < 4.78 is 0. The lowest BCUT2D eigenvalue weighted by atomic mass is 9.77. The SMILES string of the molecule is O=C1CCCC2=C1C(c1ccncc1)C1SCCCC1=N2. The molecule has 21 heavy (non-hydrogen) atoms. The van der Waals surface area contributed by atoms with Gasteiger partial charge in [0.05, 0.1) is 5.25 Å². The molecule has 0 spiro atoms. The number of hydrogen-bond donors (Lipinski definition) is 0. The Balaban J connectivity index is 1.86. The van der Waals surface area contributed by atoms with E-state index in [-0.39, 0.29) is 5.92 Å². The maximum atomic E-state index is 12.5. The number of nitrogens with zero attached hydrogens (tertiary/aromatic N) is 2. The molecule has 0 aromatic carbocycles. The Kier molecular flexibility index (Phi) is 3.42. The van der Waals surface area contributed by atoms with Crippen molar-refractivity contribution in [1.82, 2.24) is 4.98 Å². The number of fused-ring (bicyclic) bond motifs is 1. The molecule has 1 saturated heterocycles. The number of carbonyl (C=O) groups excluding carboxylic acids is 1. The van der Waals surface area contributed by atoms with Gasteiger partial charge in [0.2, 0.25) is 0 Å². The van der Waals surface area contributed by atoms with Gasteiger partial charge in [0.15, 0.2) is 5.78 Å². The highest BCUT2D eigenvalue weighted by Gasteiger charge is 2.40. The summed E-state index contributed by atoms with van der Waals surface area (Å²) in [5, 5.41) is 0.349. The molecule has 3 heterocycles. The lowest BCUT2D eigenvalue weighted by Crippen LogP contribution is -2.36. The largest absolute Gasteiger partial charge is 0.294 e. The van der Waals surface area contributed by atoms with E-state index >= 15 is 0 Å². The summed E-state index contributed by atoms with van der Waals surface area (Å²) in [6.07, 6.45) is 8.56.